The molecule has 0 saturated carbocycles. The third-order valence-corrected chi connectivity index (χ3v) is 5.15. The van der Waals surface area contributed by atoms with Crippen molar-refractivity contribution in [2.75, 3.05) is 25.1 Å². The summed E-state index contributed by atoms with van der Waals surface area (Å²) in [5, 5.41) is 0. The number of piperidine rings is 1. The zero-order chi connectivity index (χ0) is 16.8. The molecular formula is C18H24N4OS. The predicted molar refractivity (Wildman–Crippen MR) is 97.1 cm³/mol. The zero-order valence-electron chi connectivity index (χ0n) is 14.1. The van der Waals surface area contributed by atoms with Crippen LogP contribution in [0.15, 0.2) is 36.8 Å². The zero-order valence-corrected chi connectivity index (χ0v) is 14.9. The number of thioether (sulfide) groups is 1. The van der Waals surface area contributed by atoms with E-state index in [0.29, 0.717) is 18.2 Å². The average molecular weight is 344 g/mol. The molecule has 1 fully saturated rings. The molecule has 6 heteroatoms. The molecule has 0 radical (unpaired) electrons. The van der Waals surface area contributed by atoms with Crippen molar-refractivity contribution in [3.8, 4) is 0 Å². The minimum absolute atomic E-state index is 0.291. The van der Waals surface area contributed by atoms with Crippen molar-refractivity contribution in [2.45, 2.75) is 31.7 Å². The second-order valence-electron chi connectivity index (χ2n) is 6.13. The van der Waals surface area contributed by atoms with E-state index < -0.39 is 0 Å². The summed E-state index contributed by atoms with van der Waals surface area (Å²) in [5.74, 6) is 2.75. The van der Waals surface area contributed by atoms with E-state index in [2.05, 4.69) is 14.5 Å². The predicted octanol–water partition coefficient (Wildman–Crippen LogP) is 2.79. The topological polar surface area (TPSA) is 51.0 Å². The molecule has 3 rings (SSSR count). The van der Waals surface area contributed by atoms with E-state index in [9.17, 15) is 4.79 Å². The number of carbonyl (C=O) groups is 1. The molecule has 0 spiro atoms. The van der Waals surface area contributed by atoms with Crippen LogP contribution < -0.4 is 0 Å². The van der Waals surface area contributed by atoms with Crippen LogP contribution in [-0.4, -0.2) is 50.4 Å². The highest BCUT2D eigenvalue weighted by Gasteiger charge is 2.26. The third-order valence-electron chi connectivity index (χ3n) is 4.54. The van der Waals surface area contributed by atoms with Crippen LogP contribution in [0.4, 0.5) is 0 Å². The Morgan fingerprint density at radius 2 is 2.08 bits per heavy atom. The largest absolute Gasteiger partial charge is 0.343 e. The van der Waals surface area contributed by atoms with Gasteiger partial charge in [-0.2, -0.15) is 11.8 Å². The summed E-state index contributed by atoms with van der Waals surface area (Å²) in [6.07, 6.45) is 10.4. The Morgan fingerprint density at radius 1 is 1.25 bits per heavy atom. The maximum atomic E-state index is 12.1. The van der Waals surface area contributed by atoms with Crippen LogP contribution in [-0.2, 0) is 11.3 Å². The van der Waals surface area contributed by atoms with E-state index in [0.717, 1.165) is 49.7 Å². The van der Waals surface area contributed by atoms with Crippen molar-refractivity contribution in [3.63, 3.8) is 0 Å². The molecule has 1 saturated heterocycles. The maximum absolute atomic E-state index is 12.1. The number of carbonyl (C=O) groups excluding carboxylic acids is 1. The molecule has 0 aromatic carbocycles. The Bertz CT molecular complexity index is 650. The van der Waals surface area contributed by atoms with Gasteiger partial charge in [0.25, 0.3) is 0 Å². The number of aromatic nitrogens is 3. The number of likely N-dealkylation sites (tertiary alicyclic amines) is 1. The Labute approximate surface area is 147 Å². The van der Waals surface area contributed by atoms with E-state index in [-0.39, 0.29) is 0 Å². The van der Waals surface area contributed by atoms with E-state index in [1.807, 2.05) is 47.9 Å². The Balaban J connectivity index is 1.59. The van der Waals surface area contributed by atoms with Gasteiger partial charge in [-0.3, -0.25) is 9.78 Å². The smallest absolute Gasteiger partial charge is 0.223 e. The van der Waals surface area contributed by atoms with E-state index >= 15 is 0 Å². The van der Waals surface area contributed by atoms with Crippen molar-refractivity contribution in [2.24, 2.45) is 0 Å². The highest BCUT2D eigenvalue weighted by molar-refractivity contribution is 7.98. The molecule has 1 amide bonds. The van der Waals surface area contributed by atoms with Crippen molar-refractivity contribution in [1.82, 2.24) is 19.4 Å². The van der Waals surface area contributed by atoms with E-state index in [4.69, 9.17) is 0 Å². The molecular weight excluding hydrogens is 320 g/mol. The van der Waals surface area contributed by atoms with Crippen LogP contribution in [0.3, 0.4) is 0 Å². The molecule has 0 unspecified atom stereocenters. The van der Waals surface area contributed by atoms with Gasteiger partial charge < -0.3 is 9.47 Å². The molecule has 24 heavy (non-hydrogen) atoms. The quantitative estimate of drug-likeness (QED) is 0.808. The van der Waals surface area contributed by atoms with Crippen LogP contribution in [0.1, 0.15) is 36.7 Å². The molecule has 3 heterocycles. The molecule has 1 aliphatic heterocycles. The van der Waals surface area contributed by atoms with Crippen LogP contribution in [0, 0.1) is 0 Å². The second-order valence-corrected chi connectivity index (χ2v) is 7.12. The lowest BCUT2D eigenvalue weighted by Gasteiger charge is -2.32. The number of hydrogen-bond acceptors (Lipinski definition) is 4. The van der Waals surface area contributed by atoms with Gasteiger partial charge in [-0.05, 0) is 31.2 Å². The highest BCUT2D eigenvalue weighted by atomic mass is 32.2. The van der Waals surface area contributed by atoms with Crippen LogP contribution in [0.5, 0.6) is 0 Å². The lowest BCUT2D eigenvalue weighted by Crippen LogP contribution is -2.38. The summed E-state index contributed by atoms with van der Waals surface area (Å²) >= 11 is 1.73. The molecule has 128 valence electrons. The Morgan fingerprint density at radius 3 is 2.79 bits per heavy atom. The van der Waals surface area contributed by atoms with Gasteiger partial charge in [0, 0.05) is 49.8 Å². The van der Waals surface area contributed by atoms with Crippen molar-refractivity contribution in [1.29, 1.82) is 0 Å². The highest BCUT2D eigenvalue weighted by Crippen LogP contribution is 2.27. The molecule has 5 nitrogen and oxygen atoms in total. The van der Waals surface area contributed by atoms with Gasteiger partial charge in [0.1, 0.15) is 5.82 Å². The lowest BCUT2D eigenvalue weighted by atomic mass is 9.95. The van der Waals surface area contributed by atoms with Gasteiger partial charge >= 0.3 is 0 Å². The number of nitrogens with zero attached hydrogens (tertiary/aromatic N) is 4. The lowest BCUT2D eigenvalue weighted by molar-refractivity contribution is -0.131. The minimum Gasteiger partial charge on any atom is -0.343 e. The number of hydrogen-bond donors (Lipinski definition) is 0. The van der Waals surface area contributed by atoms with Crippen LogP contribution in [0.25, 0.3) is 0 Å². The Kier molecular flexibility index (Phi) is 5.91. The maximum Gasteiger partial charge on any atom is 0.223 e. The van der Waals surface area contributed by atoms with Gasteiger partial charge in [0.05, 0.1) is 12.2 Å². The molecule has 0 atom stereocenters. The molecule has 1 aliphatic rings. The molecule has 0 N–H and O–H groups in total. The first-order valence-electron chi connectivity index (χ1n) is 8.45. The standard InChI is InChI=1S/C18H24N4OS/c1-24-13-7-17(23)21-10-5-15(6-11-21)18-20-9-12-22(18)14-16-4-2-3-8-19-16/h2-4,8-9,12,15H,5-7,10-11,13-14H2,1H3. The van der Waals surface area contributed by atoms with Crippen molar-refractivity contribution < 1.29 is 4.79 Å². The van der Waals surface area contributed by atoms with Gasteiger partial charge in [0.15, 0.2) is 0 Å². The number of rotatable bonds is 6. The molecule has 2 aromatic rings. The number of amides is 1. The van der Waals surface area contributed by atoms with Crippen molar-refractivity contribution in [3.05, 3.63) is 48.3 Å². The van der Waals surface area contributed by atoms with Gasteiger partial charge in [-0.15, -0.1) is 0 Å². The molecule has 0 bridgehead atoms. The summed E-state index contributed by atoms with van der Waals surface area (Å²) in [6, 6.07) is 5.98. The van der Waals surface area contributed by atoms with Crippen LogP contribution >= 0.6 is 11.8 Å². The number of pyridine rings is 1. The third kappa shape index (κ3) is 4.17. The summed E-state index contributed by atoms with van der Waals surface area (Å²) in [4.78, 5) is 23.1. The molecule has 0 aliphatic carbocycles. The summed E-state index contributed by atoms with van der Waals surface area (Å²) in [6.45, 7) is 2.44. The summed E-state index contributed by atoms with van der Waals surface area (Å²) in [5.41, 5.74) is 1.04. The average Bonchev–Trinajstić information content (AvgIpc) is 3.09. The first-order chi connectivity index (χ1) is 11.8. The van der Waals surface area contributed by atoms with Gasteiger partial charge in [-0.25, -0.2) is 4.98 Å². The number of imidazole rings is 1. The van der Waals surface area contributed by atoms with Gasteiger partial charge in [0.2, 0.25) is 5.91 Å². The van der Waals surface area contributed by atoms with Crippen LogP contribution in [0.2, 0.25) is 0 Å². The minimum atomic E-state index is 0.291. The fourth-order valence-electron chi connectivity index (χ4n) is 3.22. The fourth-order valence-corrected chi connectivity index (χ4v) is 3.59. The Hall–Kier alpha value is -1.82. The van der Waals surface area contributed by atoms with Gasteiger partial charge in [-0.1, -0.05) is 6.07 Å². The second kappa shape index (κ2) is 8.33. The normalized spacial score (nSPS) is 15.6. The first-order valence-corrected chi connectivity index (χ1v) is 9.85. The summed E-state index contributed by atoms with van der Waals surface area (Å²) in [7, 11) is 0. The fraction of sp³-hybridized carbons (Fsp3) is 0.500. The van der Waals surface area contributed by atoms with Crippen molar-refractivity contribution >= 4 is 17.7 Å². The van der Waals surface area contributed by atoms with E-state index in [1.165, 1.54) is 0 Å². The van der Waals surface area contributed by atoms with E-state index in [1.54, 1.807) is 11.8 Å². The molecule has 2 aromatic heterocycles. The monoisotopic (exact) mass is 344 g/mol. The summed E-state index contributed by atoms with van der Waals surface area (Å²) < 4.78 is 2.19. The first kappa shape index (κ1) is 17.0. The SMILES string of the molecule is CSCCC(=O)N1CCC(c2nccn2Cc2ccccn2)CC1.